The molecule has 4 rings (SSSR count). The van der Waals surface area contributed by atoms with Crippen molar-refractivity contribution in [1.82, 2.24) is 4.90 Å². The van der Waals surface area contributed by atoms with Gasteiger partial charge in [-0.05, 0) is 75.4 Å². The lowest BCUT2D eigenvalue weighted by Crippen LogP contribution is -2.38. The number of benzene rings is 2. The van der Waals surface area contributed by atoms with E-state index in [-0.39, 0.29) is 18.3 Å². The van der Waals surface area contributed by atoms with Crippen molar-refractivity contribution in [3.8, 4) is 17.6 Å². The summed E-state index contributed by atoms with van der Waals surface area (Å²) in [6.07, 6.45) is 1.08. The average Bonchev–Trinajstić information content (AvgIpc) is 3.02. The highest BCUT2D eigenvalue weighted by atomic mass is 19.1. The van der Waals surface area contributed by atoms with Gasteiger partial charge in [0.25, 0.3) is 0 Å². The van der Waals surface area contributed by atoms with E-state index in [0.717, 1.165) is 34.7 Å². The minimum Gasteiger partial charge on any atom is -0.490 e. The average molecular weight is 500 g/mol. The van der Waals surface area contributed by atoms with E-state index in [2.05, 4.69) is 4.90 Å². The summed E-state index contributed by atoms with van der Waals surface area (Å²) in [6, 6.07) is 5.69. The molecule has 2 aromatic carbocycles. The summed E-state index contributed by atoms with van der Waals surface area (Å²) in [6.45, 7) is 10.3. The van der Waals surface area contributed by atoms with Gasteiger partial charge in [-0.1, -0.05) is 0 Å². The first-order valence-electron chi connectivity index (χ1n) is 12.1. The third-order valence-electron chi connectivity index (χ3n) is 6.34. The van der Waals surface area contributed by atoms with Crippen LogP contribution in [0.1, 0.15) is 43.0 Å². The zero-order valence-corrected chi connectivity index (χ0v) is 21.1. The van der Waals surface area contributed by atoms with Crippen molar-refractivity contribution in [1.29, 1.82) is 5.26 Å². The van der Waals surface area contributed by atoms with Gasteiger partial charge in [-0.3, -0.25) is 0 Å². The summed E-state index contributed by atoms with van der Waals surface area (Å²) in [4.78, 5) is 16.5. The molecule has 2 aromatic rings. The molecular formula is C27H31F2N3O4. The molecule has 2 aliphatic heterocycles. The number of amides is 1. The van der Waals surface area contributed by atoms with E-state index < -0.39 is 23.0 Å². The number of nitrogens with zero attached hydrogens (tertiary/aromatic N) is 3. The van der Waals surface area contributed by atoms with Crippen LogP contribution >= 0.6 is 0 Å². The van der Waals surface area contributed by atoms with Crippen molar-refractivity contribution in [3.63, 3.8) is 0 Å². The molecule has 0 fully saturated rings. The SMILES string of the molecule is Cc1c2c(cc3c1N(CCOc1c(F)cc(C#N)cc1F)CCO3)CCN(C(=O)OC(C)(C)C)CC2. The summed E-state index contributed by atoms with van der Waals surface area (Å²) in [7, 11) is 0. The number of carbonyl (C=O) groups is 1. The van der Waals surface area contributed by atoms with Crippen LogP contribution in [0.25, 0.3) is 0 Å². The number of halogens is 2. The Morgan fingerprint density at radius 2 is 1.83 bits per heavy atom. The van der Waals surface area contributed by atoms with Gasteiger partial charge in [-0.2, -0.15) is 5.26 Å². The first-order valence-corrected chi connectivity index (χ1v) is 12.1. The smallest absolute Gasteiger partial charge is 0.410 e. The van der Waals surface area contributed by atoms with E-state index in [1.807, 2.05) is 33.8 Å². The van der Waals surface area contributed by atoms with E-state index in [1.165, 1.54) is 5.56 Å². The van der Waals surface area contributed by atoms with Gasteiger partial charge in [0.15, 0.2) is 17.4 Å². The van der Waals surface area contributed by atoms with Crippen LogP contribution in [-0.2, 0) is 17.6 Å². The van der Waals surface area contributed by atoms with Crippen LogP contribution in [0.4, 0.5) is 19.3 Å². The number of anilines is 1. The highest BCUT2D eigenvalue weighted by Gasteiger charge is 2.29. The van der Waals surface area contributed by atoms with E-state index in [9.17, 15) is 13.6 Å². The topological polar surface area (TPSA) is 75.0 Å². The first kappa shape index (κ1) is 25.5. The molecule has 0 unspecified atom stereocenters. The molecule has 0 spiro atoms. The Morgan fingerprint density at radius 1 is 1.14 bits per heavy atom. The second-order valence-corrected chi connectivity index (χ2v) is 10.0. The van der Waals surface area contributed by atoms with Gasteiger partial charge in [0.2, 0.25) is 0 Å². The number of hydrogen-bond acceptors (Lipinski definition) is 6. The van der Waals surface area contributed by atoms with Gasteiger partial charge < -0.3 is 24.0 Å². The molecule has 7 nitrogen and oxygen atoms in total. The molecule has 192 valence electrons. The largest absolute Gasteiger partial charge is 0.490 e. The number of rotatable bonds is 4. The quantitative estimate of drug-likeness (QED) is 0.604. The minimum absolute atomic E-state index is 0.0577. The van der Waals surface area contributed by atoms with Crippen LogP contribution in [0.15, 0.2) is 18.2 Å². The number of fused-ring (bicyclic) bond motifs is 2. The van der Waals surface area contributed by atoms with Crippen molar-refractivity contribution in [3.05, 3.63) is 52.1 Å². The normalized spacial score (nSPS) is 15.2. The fraction of sp³-hybridized carbons (Fsp3) is 0.481. The van der Waals surface area contributed by atoms with Crippen LogP contribution in [0.3, 0.4) is 0 Å². The van der Waals surface area contributed by atoms with E-state index >= 15 is 0 Å². The Bertz CT molecular complexity index is 1180. The molecule has 0 radical (unpaired) electrons. The number of ether oxygens (including phenoxy) is 3. The lowest BCUT2D eigenvalue weighted by atomic mass is 9.94. The van der Waals surface area contributed by atoms with Crippen LogP contribution in [0.5, 0.6) is 11.5 Å². The van der Waals surface area contributed by atoms with Crippen LogP contribution in [0.2, 0.25) is 0 Å². The first-order chi connectivity index (χ1) is 17.1. The molecule has 0 saturated heterocycles. The third-order valence-corrected chi connectivity index (χ3v) is 6.34. The Kier molecular flexibility index (Phi) is 7.25. The zero-order chi connectivity index (χ0) is 26.0. The standard InChI is InChI=1S/C27H31F2N3O4/c1-17-20-6-8-32(26(33)36-27(2,3)4)7-5-19(20)15-23-24(17)31(9-11-34-23)10-12-35-25-21(28)13-18(16-30)14-22(25)29/h13-15H,5-12H2,1-4H3. The van der Waals surface area contributed by atoms with Crippen molar-refractivity contribution < 1.29 is 27.8 Å². The lowest BCUT2D eigenvalue weighted by Gasteiger charge is -2.34. The molecule has 0 N–H and O–H groups in total. The Balaban J connectivity index is 1.49. The molecule has 2 heterocycles. The predicted molar refractivity (Wildman–Crippen MR) is 131 cm³/mol. The Hall–Kier alpha value is -3.54. The van der Waals surface area contributed by atoms with Gasteiger partial charge in [-0.25, -0.2) is 13.6 Å². The summed E-state index contributed by atoms with van der Waals surface area (Å²) in [5, 5.41) is 8.86. The maximum Gasteiger partial charge on any atom is 0.410 e. The van der Waals surface area contributed by atoms with Crippen LogP contribution < -0.4 is 14.4 Å². The summed E-state index contributed by atoms with van der Waals surface area (Å²) in [5.74, 6) is -1.52. The second kappa shape index (κ2) is 10.2. The van der Waals surface area contributed by atoms with Crippen LogP contribution in [0, 0.1) is 29.9 Å². The highest BCUT2D eigenvalue weighted by Crippen LogP contribution is 2.40. The maximum absolute atomic E-state index is 14.2. The highest BCUT2D eigenvalue weighted by molar-refractivity contribution is 5.71. The van der Waals surface area contributed by atoms with Gasteiger partial charge in [0, 0.05) is 13.1 Å². The van der Waals surface area contributed by atoms with Crippen LogP contribution in [-0.4, -0.2) is 56.0 Å². The maximum atomic E-state index is 14.2. The van der Waals surface area contributed by atoms with Gasteiger partial charge in [0.1, 0.15) is 24.6 Å². The second-order valence-electron chi connectivity index (χ2n) is 10.0. The van der Waals surface area contributed by atoms with Crippen molar-refractivity contribution in [2.75, 3.05) is 44.3 Å². The lowest BCUT2D eigenvalue weighted by molar-refractivity contribution is 0.0258. The van der Waals surface area contributed by atoms with Crippen molar-refractivity contribution in [2.45, 2.75) is 46.1 Å². The molecular weight excluding hydrogens is 468 g/mol. The fourth-order valence-electron chi connectivity index (χ4n) is 4.70. The molecule has 36 heavy (non-hydrogen) atoms. The van der Waals surface area contributed by atoms with E-state index in [4.69, 9.17) is 19.5 Å². The van der Waals surface area contributed by atoms with Gasteiger partial charge in [0.05, 0.1) is 30.4 Å². The minimum atomic E-state index is -0.898. The predicted octanol–water partition coefficient (Wildman–Crippen LogP) is 4.76. The third kappa shape index (κ3) is 5.48. The Morgan fingerprint density at radius 3 is 2.50 bits per heavy atom. The van der Waals surface area contributed by atoms with Gasteiger partial charge in [-0.15, -0.1) is 0 Å². The number of carbonyl (C=O) groups excluding carboxylic acids is 1. The van der Waals surface area contributed by atoms with Gasteiger partial charge >= 0.3 is 6.09 Å². The number of nitriles is 1. The summed E-state index contributed by atoms with van der Waals surface area (Å²) < 4.78 is 45.3. The molecule has 9 heteroatoms. The molecule has 0 bridgehead atoms. The molecule has 0 aromatic heterocycles. The van der Waals surface area contributed by atoms with Crippen molar-refractivity contribution >= 4 is 11.8 Å². The molecule has 2 aliphatic rings. The molecule has 0 aliphatic carbocycles. The van der Waals surface area contributed by atoms with Crippen molar-refractivity contribution in [2.24, 2.45) is 0 Å². The van der Waals surface area contributed by atoms with E-state index in [0.29, 0.717) is 45.6 Å². The fourth-order valence-corrected chi connectivity index (χ4v) is 4.70. The summed E-state index contributed by atoms with van der Waals surface area (Å²) >= 11 is 0. The monoisotopic (exact) mass is 499 g/mol. The zero-order valence-electron chi connectivity index (χ0n) is 21.1. The molecule has 1 amide bonds. The number of hydrogen-bond donors (Lipinski definition) is 0. The summed E-state index contributed by atoms with van der Waals surface area (Å²) in [5.41, 5.74) is 3.70. The molecule has 0 saturated carbocycles. The van der Waals surface area contributed by atoms with E-state index in [1.54, 1.807) is 11.0 Å². The Labute approximate surface area is 210 Å². The molecule has 0 atom stereocenters.